The molecule has 3 heterocycles. The Balaban J connectivity index is 1.36. The first kappa shape index (κ1) is 26.1. The van der Waals surface area contributed by atoms with Crippen LogP contribution in [0.15, 0.2) is 52.2 Å². The maximum absolute atomic E-state index is 14.1. The lowest BCUT2D eigenvalue weighted by atomic mass is 10.0. The highest BCUT2D eigenvalue weighted by atomic mass is 19.1. The molecule has 0 aliphatic carbocycles. The van der Waals surface area contributed by atoms with E-state index in [2.05, 4.69) is 15.3 Å². The molecule has 39 heavy (non-hydrogen) atoms. The third-order valence-electron chi connectivity index (χ3n) is 6.57. The van der Waals surface area contributed by atoms with Gasteiger partial charge in [-0.25, -0.2) is 9.37 Å². The van der Waals surface area contributed by atoms with Crippen molar-refractivity contribution in [3.8, 4) is 16.9 Å². The van der Waals surface area contributed by atoms with Crippen LogP contribution in [0, 0.1) is 5.82 Å². The topological polar surface area (TPSA) is 114 Å². The number of aromatic nitrogens is 2. The van der Waals surface area contributed by atoms with Crippen LogP contribution in [-0.4, -0.2) is 48.3 Å². The van der Waals surface area contributed by atoms with Crippen LogP contribution in [0.25, 0.3) is 27.7 Å². The highest BCUT2D eigenvalue weighted by molar-refractivity contribution is 5.97. The van der Waals surface area contributed by atoms with E-state index in [4.69, 9.17) is 9.47 Å². The molecule has 4 aromatic rings. The fourth-order valence-electron chi connectivity index (χ4n) is 4.83. The van der Waals surface area contributed by atoms with Crippen LogP contribution in [-0.2, 0) is 9.53 Å². The molecule has 0 unspecified atom stereocenters. The van der Waals surface area contributed by atoms with Crippen LogP contribution < -0.4 is 25.8 Å². The molecule has 1 aliphatic heterocycles. The lowest BCUT2D eigenvalue weighted by Gasteiger charge is -2.30. The van der Waals surface area contributed by atoms with Gasteiger partial charge in [0.2, 0.25) is 0 Å². The molecule has 0 radical (unpaired) electrons. The summed E-state index contributed by atoms with van der Waals surface area (Å²) in [5.41, 5.74) is 2.57. The normalized spacial score (nSPS) is 14.0. The molecule has 2 aromatic heterocycles. The molecule has 0 amide bonds. The van der Waals surface area contributed by atoms with Crippen molar-refractivity contribution in [3.63, 3.8) is 0 Å². The highest BCUT2D eigenvalue weighted by Gasteiger charge is 2.28. The lowest BCUT2D eigenvalue weighted by molar-refractivity contribution is -0.152. The van der Waals surface area contributed by atoms with Crippen LogP contribution in [0.5, 0.6) is 5.75 Å². The third kappa shape index (κ3) is 5.14. The van der Waals surface area contributed by atoms with E-state index in [-0.39, 0.29) is 23.7 Å². The Labute approximate surface area is 224 Å². The Hall–Kier alpha value is -4.47. The molecule has 2 N–H and O–H groups in total. The van der Waals surface area contributed by atoms with Gasteiger partial charge >= 0.3 is 5.97 Å². The van der Waals surface area contributed by atoms with Crippen molar-refractivity contribution in [1.29, 1.82) is 0 Å². The van der Waals surface area contributed by atoms with E-state index in [0.717, 1.165) is 22.2 Å². The van der Waals surface area contributed by atoms with Gasteiger partial charge in [-0.3, -0.25) is 14.4 Å². The molecular formula is C29H29FN4O5. The van der Waals surface area contributed by atoms with Gasteiger partial charge in [0.05, 0.1) is 7.11 Å². The van der Waals surface area contributed by atoms with Crippen LogP contribution in [0.1, 0.15) is 32.9 Å². The highest BCUT2D eigenvalue weighted by Crippen LogP contribution is 2.37. The number of carbonyl (C=O) groups is 1. The quantitative estimate of drug-likeness (QED) is 0.271. The fourth-order valence-corrected chi connectivity index (χ4v) is 4.83. The molecule has 0 saturated carbocycles. The second kappa shape index (κ2) is 10.0. The number of H-pyrrole nitrogens is 1. The predicted molar refractivity (Wildman–Crippen MR) is 149 cm³/mol. The summed E-state index contributed by atoms with van der Waals surface area (Å²) in [5.74, 6) is -0.312. The summed E-state index contributed by atoms with van der Waals surface area (Å²) >= 11 is 0. The minimum absolute atomic E-state index is 0.145. The summed E-state index contributed by atoms with van der Waals surface area (Å²) in [5, 5.41) is 3.62. The minimum Gasteiger partial charge on any atom is -0.496 e. The maximum Gasteiger partial charge on any atom is 0.325 e. The number of fused-ring (bicyclic) bond motifs is 1. The number of halogens is 1. The number of esters is 1. The van der Waals surface area contributed by atoms with Crippen molar-refractivity contribution >= 4 is 34.0 Å². The zero-order valence-electron chi connectivity index (χ0n) is 22.2. The van der Waals surface area contributed by atoms with Crippen molar-refractivity contribution in [2.24, 2.45) is 0 Å². The van der Waals surface area contributed by atoms with Gasteiger partial charge in [-0.1, -0.05) is 6.08 Å². The molecule has 0 fully saturated rings. The van der Waals surface area contributed by atoms with E-state index < -0.39 is 22.4 Å². The van der Waals surface area contributed by atoms with Gasteiger partial charge in [-0.2, -0.15) is 0 Å². The van der Waals surface area contributed by atoms with E-state index in [1.165, 1.54) is 12.1 Å². The van der Waals surface area contributed by atoms with Gasteiger partial charge in [-0.15, -0.1) is 0 Å². The number of pyridine rings is 1. The SMILES string of the molecule is COc1ccc(F)cc1-c1ccnc2[nH]c(C3=CCN(c4c(NCC(=O)OC(C)(C)C)c(=O)c4=O)CC3)cc12. The van der Waals surface area contributed by atoms with Crippen molar-refractivity contribution in [2.45, 2.75) is 32.8 Å². The number of carbonyl (C=O) groups excluding carboxylic acids is 1. The number of rotatable bonds is 7. The first-order valence-electron chi connectivity index (χ1n) is 12.6. The van der Waals surface area contributed by atoms with Crippen LogP contribution in [0.3, 0.4) is 0 Å². The van der Waals surface area contributed by atoms with Crippen molar-refractivity contribution in [1.82, 2.24) is 9.97 Å². The molecule has 9 nitrogen and oxygen atoms in total. The summed E-state index contributed by atoms with van der Waals surface area (Å²) in [6.45, 7) is 5.99. The standard InChI is InChI=1S/C29H29FN4O5/c1-29(2,3)39-23(35)15-32-24-25(27(37)26(24)36)34-11-8-16(9-12-34)21-14-20-18(7-10-31-28(20)33-21)19-13-17(30)5-6-22(19)38-4/h5-8,10,13-14,32H,9,11-12,15H2,1-4H3,(H,31,33). The van der Waals surface area contributed by atoms with E-state index in [1.54, 1.807) is 40.1 Å². The molecule has 0 saturated heterocycles. The molecule has 0 spiro atoms. The van der Waals surface area contributed by atoms with E-state index in [0.29, 0.717) is 36.5 Å². The van der Waals surface area contributed by atoms with Gasteiger partial charge in [-0.05, 0) is 68.7 Å². The number of methoxy groups -OCH3 is 1. The number of benzene rings is 1. The summed E-state index contributed by atoms with van der Waals surface area (Å²) in [6, 6.07) is 8.20. The molecule has 202 valence electrons. The largest absolute Gasteiger partial charge is 0.496 e. The van der Waals surface area contributed by atoms with E-state index in [1.807, 2.05) is 23.1 Å². The predicted octanol–water partition coefficient (Wildman–Crippen LogP) is 4.02. The average molecular weight is 533 g/mol. The van der Waals surface area contributed by atoms with Crippen LogP contribution >= 0.6 is 0 Å². The number of aromatic amines is 1. The summed E-state index contributed by atoms with van der Waals surface area (Å²) in [6.07, 6.45) is 4.26. The Kier molecular flexibility index (Phi) is 6.71. The maximum atomic E-state index is 14.1. The first-order valence-corrected chi connectivity index (χ1v) is 12.6. The van der Waals surface area contributed by atoms with Gasteiger partial charge in [0.1, 0.15) is 40.7 Å². The Bertz CT molecular complexity index is 1670. The number of hydrogen-bond acceptors (Lipinski definition) is 8. The molecule has 10 heteroatoms. The third-order valence-corrected chi connectivity index (χ3v) is 6.57. The number of anilines is 2. The Morgan fingerprint density at radius 3 is 2.64 bits per heavy atom. The lowest BCUT2D eigenvalue weighted by Crippen LogP contribution is -2.44. The van der Waals surface area contributed by atoms with Gasteiger partial charge in [0, 0.05) is 35.9 Å². The summed E-state index contributed by atoms with van der Waals surface area (Å²) in [4.78, 5) is 46.3. The van der Waals surface area contributed by atoms with Crippen molar-refractivity contribution in [3.05, 3.63) is 74.6 Å². The van der Waals surface area contributed by atoms with E-state index in [9.17, 15) is 18.8 Å². The average Bonchev–Trinajstić information content (AvgIpc) is 3.34. The van der Waals surface area contributed by atoms with Gasteiger partial charge in [0.15, 0.2) is 0 Å². The molecule has 1 aliphatic rings. The molecule has 0 bridgehead atoms. The molecule has 0 atom stereocenters. The Morgan fingerprint density at radius 1 is 1.15 bits per heavy atom. The van der Waals surface area contributed by atoms with Crippen LogP contribution in [0.4, 0.5) is 15.8 Å². The second-order valence-corrected chi connectivity index (χ2v) is 10.4. The number of nitrogens with one attached hydrogen (secondary N) is 2. The number of hydrogen-bond donors (Lipinski definition) is 2. The smallest absolute Gasteiger partial charge is 0.325 e. The Morgan fingerprint density at radius 2 is 1.95 bits per heavy atom. The van der Waals surface area contributed by atoms with Crippen LogP contribution in [0.2, 0.25) is 0 Å². The minimum atomic E-state index is -0.647. The van der Waals surface area contributed by atoms with E-state index >= 15 is 0 Å². The van der Waals surface area contributed by atoms with Gasteiger partial charge < -0.3 is 24.7 Å². The zero-order chi connectivity index (χ0) is 27.9. The van der Waals surface area contributed by atoms with Gasteiger partial charge in [0.25, 0.3) is 10.9 Å². The second-order valence-electron chi connectivity index (χ2n) is 10.4. The summed E-state index contributed by atoms with van der Waals surface area (Å²) in [7, 11) is 1.55. The number of nitrogens with zero attached hydrogens (tertiary/aromatic N) is 2. The summed E-state index contributed by atoms with van der Waals surface area (Å²) < 4.78 is 24.8. The van der Waals surface area contributed by atoms with Crippen molar-refractivity contribution < 1.29 is 18.7 Å². The molecule has 5 rings (SSSR count). The molecule has 2 aromatic carbocycles. The fraction of sp³-hybridized carbons (Fsp3) is 0.310. The zero-order valence-corrected chi connectivity index (χ0v) is 22.2. The van der Waals surface area contributed by atoms with Crippen molar-refractivity contribution in [2.75, 3.05) is 37.0 Å². The monoisotopic (exact) mass is 532 g/mol. The first-order chi connectivity index (χ1) is 18.6. The molecular weight excluding hydrogens is 503 g/mol. The number of ether oxygens (including phenoxy) is 2.